The molecule has 0 saturated carbocycles. The lowest BCUT2D eigenvalue weighted by Gasteiger charge is -2.16. The summed E-state index contributed by atoms with van der Waals surface area (Å²) in [6, 6.07) is 9.68. The second-order valence-corrected chi connectivity index (χ2v) is 3.13. The topological polar surface area (TPSA) is 29.4 Å². The Morgan fingerprint density at radius 2 is 1.83 bits per heavy atom. The summed E-state index contributed by atoms with van der Waals surface area (Å²) in [4.78, 5) is 13.8. The van der Waals surface area contributed by atoms with Crippen LogP contribution in [0.1, 0.15) is 19.4 Å². The van der Waals surface area contributed by atoms with Crippen molar-refractivity contribution < 1.29 is 4.79 Å². The van der Waals surface area contributed by atoms with E-state index < -0.39 is 5.54 Å². The van der Waals surface area contributed by atoms with Gasteiger partial charge in [-0.05, 0) is 19.4 Å². The van der Waals surface area contributed by atoms with Gasteiger partial charge in [0.05, 0.1) is 5.54 Å². The molecule has 1 aromatic rings. The minimum Gasteiger partial charge on any atom is -0.211 e. The third kappa shape index (κ3) is 1.80. The van der Waals surface area contributed by atoms with Crippen molar-refractivity contribution in [1.82, 2.24) is 0 Å². The van der Waals surface area contributed by atoms with Gasteiger partial charge in [0.15, 0.2) is 0 Å². The van der Waals surface area contributed by atoms with Crippen molar-refractivity contribution >= 4 is 6.08 Å². The molecule has 0 unspecified atom stereocenters. The molecule has 2 heteroatoms. The molecule has 0 aliphatic carbocycles. The summed E-state index contributed by atoms with van der Waals surface area (Å²) in [7, 11) is 0. The van der Waals surface area contributed by atoms with Crippen molar-refractivity contribution in [3.63, 3.8) is 0 Å². The molecule has 62 valence electrons. The fourth-order valence-corrected chi connectivity index (χ4v) is 1.02. The highest BCUT2D eigenvalue weighted by Crippen LogP contribution is 2.23. The summed E-state index contributed by atoms with van der Waals surface area (Å²) in [6.45, 7) is 3.76. The molecule has 0 fully saturated rings. The van der Waals surface area contributed by atoms with Gasteiger partial charge in [-0.3, -0.25) is 0 Å². The number of rotatable bonds is 2. The lowest BCUT2D eigenvalue weighted by Crippen LogP contribution is -2.12. The highest BCUT2D eigenvalue weighted by molar-refractivity contribution is 5.37. The van der Waals surface area contributed by atoms with Crippen LogP contribution in [0.2, 0.25) is 0 Å². The number of isocyanates is 1. The molecule has 1 aromatic carbocycles. The highest BCUT2D eigenvalue weighted by atomic mass is 16.1. The number of benzene rings is 1. The van der Waals surface area contributed by atoms with Gasteiger partial charge in [-0.15, -0.1) is 0 Å². The van der Waals surface area contributed by atoms with E-state index in [2.05, 4.69) is 4.99 Å². The first kappa shape index (κ1) is 8.69. The molecule has 0 bridgehead atoms. The Morgan fingerprint density at radius 3 is 2.33 bits per heavy atom. The summed E-state index contributed by atoms with van der Waals surface area (Å²) in [6.07, 6.45) is 1.58. The van der Waals surface area contributed by atoms with Crippen molar-refractivity contribution in [3.8, 4) is 0 Å². The molecule has 12 heavy (non-hydrogen) atoms. The predicted molar refractivity (Wildman–Crippen MR) is 47.6 cm³/mol. The molecule has 0 atom stereocenters. The second kappa shape index (κ2) is 3.33. The first-order chi connectivity index (χ1) is 5.67. The average molecular weight is 161 g/mol. The Balaban J connectivity index is 3.05. The molecule has 0 aromatic heterocycles. The fourth-order valence-electron chi connectivity index (χ4n) is 1.02. The maximum atomic E-state index is 10.1. The molecule has 0 heterocycles. The Bertz CT molecular complexity index is 297. The van der Waals surface area contributed by atoms with Gasteiger partial charge in [-0.2, -0.15) is 4.99 Å². The van der Waals surface area contributed by atoms with Gasteiger partial charge >= 0.3 is 0 Å². The van der Waals surface area contributed by atoms with Crippen LogP contribution in [0.3, 0.4) is 0 Å². The minimum absolute atomic E-state index is 0.455. The van der Waals surface area contributed by atoms with Gasteiger partial charge in [0, 0.05) is 0 Å². The van der Waals surface area contributed by atoms with Crippen LogP contribution in [0.25, 0.3) is 0 Å². The predicted octanol–water partition coefficient (Wildman–Crippen LogP) is 2.26. The highest BCUT2D eigenvalue weighted by Gasteiger charge is 2.17. The quantitative estimate of drug-likeness (QED) is 0.483. The molecule has 0 aliphatic rings. The number of aliphatic imine (C=N–C) groups is 1. The molecule has 0 amide bonds. The van der Waals surface area contributed by atoms with Crippen LogP contribution in [0.5, 0.6) is 0 Å². The first-order valence-electron chi connectivity index (χ1n) is 3.81. The van der Waals surface area contributed by atoms with E-state index in [9.17, 15) is 4.79 Å². The van der Waals surface area contributed by atoms with Crippen LogP contribution in [-0.4, -0.2) is 6.08 Å². The lowest BCUT2D eigenvalue weighted by atomic mass is 9.95. The molecule has 0 saturated heterocycles. The molecule has 2 nitrogen and oxygen atoms in total. The molecular formula is C10H11NO. The van der Waals surface area contributed by atoms with Crippen molar-refractivity contribution in [2.45, 2.75) is 19.4 Å². The summed E-state index contributed by atoms with van der Waals surface area (Å²) in [5, 5.41) is 0. The maximum absolute atomic E-state index is 10.1. The number of carbonyl (C=O) groups excluding carboxylic acids is 1. The SMILES string of the molecule is CC(C)(N=C=O)c1ccccc1. The van der Waals surface area contributed by atoms with E-state index in [1.807, 2.05) is 44.2 Å². The smallest absolute Gasteiger partial charge is 0.211 e. The van der Waals surface area contributed by atoms with E-state index in [0.29, 0.717) is 0 Å². The molecular weight excluding hydrogens is 150 g/mol. The van der Waals surface area contributed by atoms with E-state index in [1.165, 1.54) is 0 Å². The summed E-state index contributed by atoms with van der Waals surface area (Å²) < 4.78 is 0. The summed E-state index contributed by atoms with van der Waals surface area (Å²) >= 11 is 0. The minimum atomic E-state index is -0.455. The Morgan fingerprint density at radius 1 is 1.25 bits per heavy atom. The fraction of sp³-hybridized carbons (Fsp3) is 0.300. The van der Waals surface area contributed by atoms with Gasteiger partial charge in [0.1, 0.15) is 0 Å². The van der Waals surface area contributed by atoms with Crippen LogP contribution in [0, 0.1) is 0 Å². The van der Waals surface area contributed by atoms with Crippen LogP contribution in [0.4, 0.5) is 0 Å². The normalized spacial score (nSPS) is 10.5. The Hall–Kier alpha value is -1.40. The zero-order valence-corrected chi connectivity index (χ0v) is 7.24. The number of nitrogens with zero attached hydrogens (tertiary/aromatic N) is 1. The van der Waals surface area contributed by atoms with Crippen LogP contribution in [0.15, 0.2) is 35.3 Å². The zero-order valence-electron chi connectivity index (χ0n) is 7.24. The Kier molecular flexibility index (Phi) is 2.41. The van der Waals surface area contributed by atoms with Crippen LogP contribution < -0.4 is 0 Å². The monoisotopic (exact) mass is 161 g/mol. The van der Waals surface area contributed by atoms with Gasteiger partial charge < -0.3 is 0 Å². The number of hydrogen-bond acceptors (Lipinski definition) is 2. The standard InChI is InChI=1S/C10H11NO/c1-10(2,11-8-12)9-6-4-3-5-7-9/h3-7H,1-2H3. The van der Waals surface area contributed by atoms with Crippen molar-refractivity contribution in [1.29, 1.82) is 0 Å². The summed E-state index contributed by atoms with van der Waals surface area (Å²) in [5.74, 6) is 0. The van der Waals surface area contributed by atoms with E-state index in [1.54, 1.807) is 6.08 Å². The van der Waals surface area contributed by atoms with Gasteiger partial charge in [-0.25, -0.2) is 4.79 Å². The second-order valence-electron chi connectivity index (χ2n) is 3.13. The molecule has 0 N–H and O–H groups in total. The van der Waals surface area contributed by atoms with E-state index in [4.69, 9.17) is 0 Å². The van der Waals surface area contributed by atoms with E-state index >= 15 is 0 Å². The summed E-state index contributed by atoms with van der Waals surface area (Å²) in [5.41, 5.74) is 0.566. The van der Waals surface area contributed by atoms with Gasteiger partial charge in [0.25, 0.3) is 0 Å². The first-order valence-corrected chi connectivity index (χ1v) is 3.81. The molecule has 0 aliphatic heterocycles. The van der Waals surface area contributed by atoms with E-state index in [-0.39, 0.29) is 0 Å². The van der Waals surface area contributed by atoms with Crippen LogP contribution in [-0.2, 0) is 10.3 Å². The van der Waals surface area contributed by atoms with Crippen molar-refractivity contribution in [2.75, 3.05) is 0 Å². The van der Waals surface area contributed by atoms with Crippen LogP contribution >= 0.6 is 0 Å². The average Bonchev–Trinajstić information content (AvgIpc) is 2.06. The molecule has 0 spiro atoms. The maximum Gasteiger partial charge on any atom is 0.235 e. The third-order valence-corrected chi connectivity index (χ3v) is 1.81. The zero-order chi connectivity index (χ0) is 9.03. The van der Waals surface area contributed by atoms with Gasteiger partial charge in [0.2, 0.25) is 6.08 Å². The largest absolute Gasteiger partial charge is 0.235 e. The lowest BCUT2D eigenvalue weighted by molar-refractivity contribution is 0.523. The number of hydrogen-bond donors (Lipinski definition) is 0. The van der Waals surface area contributed by atoms with E-state index in [0.717, 1.165) is 5.56 Å². The van der Waals surface area contributed by atoms with Crippen molar-refractivity contribution in [2.24, 2.45) is 4.99 Å². The van der Waals surface area contributed by atoms with Gasteiger partial charge in [-0.1, -0.05) is 30.3 Å². The molecule has 0 radical (unpaired) electrons. The van der Waals surface area contributed by atoms with Crippen molar-refractivity contribution in [3.05, 3.63) is 35.9 Å². The Labute approximate surface area is 71.9 Å². The molecule has 1 rings (SSSR count). The third-order valence-electron chi connectivity index (χ3n) is 1.81.